The standard InChI is InChI=1S/C20H28N6.HI/c1-6-22-20(23-13-18-9-7-8-17(11-18)12-21)24-14(2)10-19-15(3)25-26(5)16(19)4;/h7-9,11,14H,6,10,13H2,1-5H3,(H2,22,23,24);1H. The Morgan fingerprint density at radius 2 is 2.11 bits per heavy atom. The third-order valence-corrected chi connectivity index (χ3v) is 4.37. The van der Waals surface area contributed by atoms with Crippen LogP contribution in [0.5, 0.6) is 0 Å². The van der Waals surface area contributed by atoms with Crippen LogP contribution < -0.4 is 10.6 Å². The topological polar surface area (TPSA) is 78.0 Å². The lowest BCUT2D eigenvalue weighted by Gasteiger charge is -2.18. The fraction of sp³-hybridized carbons (Fsp3) is 0.450. The second-order valence-electron chi connectivity index (χ2n) is 6.53. The van der Waals surface area contributed by atoms with E-state index in [0.29, 0.717) is 12.1 Å². The van der Waals surface area contributed by atoms with Gasteiger partial charge >= 0.3 is 0 Å². The van der Waals surface area contributed by atoms with Gasteiger partial charge in [0.25, 0.3) is 0 Å². The molecular weight excluding hydrogens is 451 g/mol. The molecular formula is C20H29IN6. The summed E-state index contributed by atoms with van der Waals surface area (Å²) in [5, 5.41) is 20.3. The molecule has 2 rings (SSSR count). The number of nitrogens with zero attached hydrogens (tertiary/aromatic N) is 4. The van der Waals surface area contributed by atoms with Gasteiger partial charge in [0.1, 0.15) is 0 Å². The van der Waals surface area contributed by atoms with Gasteiger partial charge in [0.15, 0.2) is 5.96 Å². The molecule has 0 aliphatic carbocycles. The van der Waals surface area contributed by atoms with E-state index in [1.54, 1.807) is 6.07 Å². The number of aryl methyl sites for hydroxylation is 2. The van der Waals surface area contributed by atoms with Crippen molar-refractivity contribution in [3.63, 3.8) is 0 Å². The summed E-state index contributed by atoms with van der Waals surface area (Å²) in [5.41, 5.74) is 5.24. The third-order valence-electron chi connectivity index (χ3n) is 4.37. The van der Waals surface area contributed by atoms with Crippen LogP contribution in [-0.2, 0) is 20.0 Å². The van der Waals surface area contributed by atoms with Crippen molar-refractivity contribution < 1.29 is 0 Å². The first-order valence-electron chi connectivity index (χ1n) is 8.97. The molecule has 0 saturated heterocycles. The maximum Gasteiger partial charge on any atom is 0.191 e. The monoisotopic (exact) mass is 480 g/mol. The van der Waals surface area contributed by atoms with Crippen molar-refractivity contribution in [3.8, 4) is 6.07 Å². The van der Waals surface area contributed by atoms with Crippen molar-refractivity contribution in [2.75, 3.05) is 6.54 Å². The van der Waals surface area contributed by atoms with Gasteiger partial charge in [-0.3, -0.25) is 4.68 Å². The number of benzene rings is 1. The van der Waals surface area contributed by atoms with E-state index in [0.717, 1.165) is 30.2 Å². The summed E-state index contributed by atoms with van der Waals surface area (Å²) in [4.78, 5) is 4.65. The first-order valence-corrected chi connectivity index (χ1v) is 8.97. The maximum atomic E-state index is 9.01. The average molecular weight is 480 g/mol. The molecule has 146 valence electrons. The highest BCUT2D eigenvalue weighted by Crippen LogP contribution is 2.14. The molecule has 27 heavy (non-hydrogen) atoms. The van der Waals surface area contributed by atoms with E-state index in [1.807, 2.05) is 36.9 Å². The van der Waals surface area contributed by atoms with E-state index >= 15 is 0 Å². The second kappa shape index (κ2) is 10.9. The zero-order chi connectivity index (χ0) is 19.1. The summed E-state index contributed by atoms with van der Waals surface area (Å²) in [5.74, 6) is 0.779. The van der Waals surface area contributed by atoms with E-state index in [2.05, 4.69) is 47.6 Å². The van der Waals surface area contributed by atoms with E-state index < -0.39 is 0 Å². The first kappa shape index (κ1) is 23.0. The number of aliphatic imine (C=N–C) groups is 1. The number of nitriles is 1. The highest BCUT2D eigenvalue weighted by molar-refractivity contribution is 14.0. The van der Waals surface area contributed by atoms with Crippen LogP contribution in [-0.4, -0.2) is 28.3 Å². The van der Waals surface area contributed by atoms with Gasteiger partial charge in [0.05, 0.1) is 23.9 Å². The van der Waals surface area contributed by atoms with Crippen molar-refractivity contribution in [2.24, 2.45) is 12.0 Å². The molecule has 1 aromatic heterocycles. The van der Waals surface area contributed by atoms with E-state index in [4.69, 9.17) is 5.26 Å². The smallest absolute Gasteiger partial charge is 0.191 e. The van der Waals surface area contributed by atoms with Crippen LogP contribution in [0.2, 0.25) is 0 Å². The minimum Gasteiger partial charge on any atom is -0.357 e. The van der Waals surface area contributed by atoms with Gasteiger partial charge in [-0.1, -0.05) is 12.1 Å². The number of aromatic nitrogens is 2. The zero-order valence-corrected chi connectivity index (χ0v) is 19.0. The van der Waals surface area contributed by atoms with E-state index in [9.17, 15) is 0 Å². The molecule has 0 amide bonds. The molecule has 1 unspecified atom stereocenters. The first-order chi connectivity index (χ1) is 12.4. The van der Waals surface area contributed by atoms with Gasteiger partial charge in [-0.2, -0.15) is 10.4 Å². The third kappa shape index (κ3) is 6.54. The van der Waals surface area contributed by atoms with Crippen LogP contribution in [0, 0.1) is 25.2 Å². The van der Waals surface area contributed by atoms with E-state index in [-0.39, 0.29) is 30.0 Å². The van der Waals surface area contributed by atoms with Gasteiger partial charge in [-0.25, -0.2) is 4.99 Å². The lowest BCUT2D eigenvalue weighted by Crippen LogP contribution is -2.43. The van der Waals surface area contributed by atoms with Crippen molar-refractivity contribution in [2.45, 2.75) is 46.7 Å². The quantitative estimate of drug-likeness (QED) is 0.378. The second-order valence-corrected chi connectivity index (χ2v) is 6.53. The van der Waals surface area contributed by atoms with Crippen molar-refractivity contribution in [1.82, 2.24) is 20.4 Å². The van der Waals surface area contributed by atoms with Gasteiger partial charge < -0.3 is 10.6 Å². The molecule has 0 radical (unpaired) electrons. The lowest BCUT2D eigenvalue weighted by atomic mass is 10.1. The molecule has 2 N–H and O–H groups in total. The van der Waals surface area contributed by atoms with Crippen molar-refractivity contribution >= 4 is 29.9 Å². The molecule has 0 saturated carbocycles. The highest BCUT2D eigenvalue weighted by Gasteiger charge is 2.14. The fourth-order valence-corrected chi connectivity index (χ4v) is 2.93. The Hall–Kier alpha value is -2.08. The molecule has 0 aliphatic rings. The molecule has 1 heterocycles. The molecule has 0 bridgehead atoms. The van der Waals surface area contributed by atoms with Gasteiger partial charge in [0.2, 0.25) is 0 Å². The molecule has 0 aliphatic heterocycles. The van der Waals surface area contributed by atoms with Crippen LogP contribution in [0.25, 0.3) is 0 Å². The van der Waals surface area contributed by atoms with Gasteiger partial charge in [-0.15, -0.1) is 24.0 Å². The summed E-state index contributed by atoms with van der Waals surface area (Å²) >= 11 is 0. The largest absolute Gasteiger partial charge is 0.357 e. The Morgan fingerprint density at radius 3 is 2.70 bits per heavy atom. The SMILES string of the molecule is CCNC(=NCc1cccc(C#N)c1)NC(C)Cc1c(C)nn(C)c1C.I. The number of halogens is 1. The van der Waals surface area contributed by atoms with Crippen molar-refractivity contribution in [1.29, 1.82) is 5.26 Å². The molecule has 7 heteroatoms. The predicted molar refractivity (Wildman–Crippen MR) is 120 cm³/mol. The Morgan fingerprint density at radius 1 is 1.37 bits per heavy atom. The van der Waals surface area contributed by atoms with Crippen LogP contribution in [0.15, 0.2) is 29.3 Å². The Bertz CT molecular complexity index is 818. The van der Waals surface area contributed by atoms with Gasteiger partial charge in [-0.05, 0) is 57.4 Å². The summed E-state index contributed by atoms with van der Waals surface area (Å²) in [7, 11) is 1.98. The predicted octanol–water partition coefficient (Wildman–Crippen LogP) is 3.21. The molecule has 1 aromatic carbocycles. The molecule has 6 nitrogen and oxygen atoms in total. The lowest BCUT2D eigenvalue weighted by molar-refractivity contribution is 0.636. The summed E-state index contributed by atoms with van der Waals surface area (Å²) in [6.45, 7) is 9.67. The maximum absolute atomic E-state index is 9.01. The fourth-order valence-electron chi connectivity index (χ4n) is 2.93. The summed E-state index contributed by atoms with van der Waals surface area (Å²) in [6, 6.07) is 9.94. The molecule has 1 atom stereocenters. The Balaban J connectivity index is 0.00000364. The average Bonchev–Trinajstić information content (AvgIpc) is 2.86. The van der Waals surface area contributed by atoms with Crippen molar-refractivity contribution in [3.05, 3.63) is 52.3 Å². The van der Waals surface area contributed by atoms with Crippen LogP contribution in [0.4, 0.5) is 0 Å². The summed E-state index contributed by atoms with van der Waals surface area (Å²) < 4.78 is 1.93. The number of nitrogens with one attached hydrogen (secondary N) is 2. The van der Waals surface area contributed by atoms with E-state index in [1.165, 1.54) is 11.3 Å². The number of hydrogen-bond acceptors (Lipinski definition) is 3. The zero-order valence-electron chi connectivity index (χ0n) is 16.7. The summed E-state index contributed by atoms with van der Waals surface area (Å²) in [6.07, 6.45) is 0.889. The van der Waals surface area contributed by atoms with Crippen LogP contribution in [0.3, 0.4) is 0 Å². The molecule has 0 spiro atoms. The van der Waals surface area contributed by atoms with Gasteiger partial charge in [0, 0.05) is 25.3 Å². The molecule has 0 fully saturated rings. The number of guanidine groups is 1. The molecule has 2 aromatic rings. The van der Waals surface area contributed by atoms with Crippen LogP contribution >= 0.6 is 24.0 Å². The minimum absolute atomic E-state index is 0. The Labute approximate surface area is 179 Å². The minimum atomic E-state index is 0. The number of hydrogen-bond donors (Lipinski definition) is 2. The Kier molecular flexibility index (Phi) is 9.29. The van der Waals surface area contributed by atoms with Crippen LogP contribution in [0.1, 0.15) is 41.9 Å². The highest BCUT2D eigenvalue weighted by atomic mass is 127. The normalized spacial score (nSPS) is 12.1. The number of rotatable bonds is 6.